The van der Waals surface area contributed by atoms with E-state index in [4.69, 9.17) is 14.2 Å². The summed E-state index contributed by atoms with van der Waals surface area (Å²) in [6.45, 7) is 5.73. The Kier molecular flexibility index (Phi) is 49.4. The maximum atomic E-state index is 13.4. The van der Waals surface area contributed by atoms with Crippen molar-refractivity contribution in [2.24, 2.45) is 0 Å². The van der Waals surface area contributed by atoms with E-state index >= 15 is 0 Å². The molecule has 0 bridgehead atoms. The van der Waals surface area contributed by atoms with Gasteiger partial charge in [-0.3, -0.25) is 9.59 Å². The van der Waals surface area contributed by atoms with Crippen LogP contribution in [0.5, 0.6) is 0 Å². The Bertz CT molecular complexity index is 1510. The van der Waals surface area contributed by atoms with Gasteiger partial charge in [0.15, 0.2) is 12.4 Å². The molecular formula is C65H115NO10. The van der Waals surface area contributed by atoms with Gasteiger partial charge in [0.2, 0.25) is 5.91 Å². The van der Waals surface area contributed by atoms with Crippen molar-refractivity contribution in [3.63, 3.8) is 0 Å². The number of carbonyl (C=O) groups is 2. The number of amides is 1. The zero-order valence-corrected chi connectivity index (χ0v) is 48.6. The molecule has 0 saturated carbocycles. The van der Waals surface area contributed by atoms with Gasteiger partial charge >= 0.3 is 5.97 Å². The van der Waals surface area contributed by atoms with Crippen LogP contribution in [0.15, 0.2) is 72.9 Å². The second-order valence-electron chi connectivity index (χ2n) is 21.4. The van der Waals surface area contributed by atoms with Gasteiger partial charge in [-0.1, -0.05) is 235 Å². The number of carbonyl (C=O) groups excluding carboxylic acids is 2. The quantitative estimate of drug-likeness (QED) is 0.0195. The van der Waals surface area contributed by atoms with Gasteiger partial charge in [-0.15, -0.1) is 0 Å². The van der Waals surface area contributed by atoms with Crippen molar-refractivity contribution >= 4 is 11.9 Å². The number of hydrogen-bond donors (Lipinski definition) is 6. The molecule has 440 valence electrons. The second-order valence-corrected chi connectivity index (χ2v) is 21.4. The van der Waals surface area contributed by atoms with E-state index < -0.39 is 67.4 Å². The predicted octanol–water partition coefficient (Wildman–Crippen LogP) is 14.8. The Hall–Kier alpha value is -2.90. The van der Waals surface area contributed by atoms with E-state index in [1.54, 1.807) is 6.08 Å². The number of rotatable bonds is 52. The van der Waals surface area contributed by atoms with E-state index in [1.807, 2.05) is 6.08 Å². The van der Waals surface area contributed by atoms with Crippen molar-refractivity contribution in [2.45, 2.75) is 314 Å². The third-order valence-corrected chi connectivity index (χ3v) is 14.3. The lowest BCUT2D eigenvalue weighted by molar-refractivity contribution is -0.305. The lowest BCUT2D eigenvalue weighted by atomic mass is 9.99. The average molecular weight is 1070 g/mol. The van der Waals surface area contributed by atoms with Gasteiger partial charge in [-0.05, 0) is 96.3 Å². The van der Waals surface area contributed by atoms with Crippen LogP contribution in [-0.4, -0.2) is 99.6 Å². The first-order valence-corrected chi connectivity index (χ1v) is 31.2. The molecule has 8 atom stereocenters. The number of nitrogens with one attached hydrogen (secondary N) is 1. The largest absolute Gasteiger partial charge is 0.454 e. The van der Waals surface area contributed by atoms with Crippen LogP contribution in [0.25, 0.3) is 0 Å². The molecule has 1 fully saturated rings. The lowest BCUT2D eigenvalue weighted by Crippen LogP contribution is -2.61. The molecule has 0 aromatic carbocycles. The molecular weight excluding hydrogens is 955 g/mol. The Morgan fingerprint density at radius 2 is 0.908 bits per heavy atom. The highest BCUT2D eigenvalue weighted by Gasteiger charge is 2.47. The molecule has 1 saturated heterocycles. The van der Waals surface area contributed by atoms with Crippen LogP contribution in [0.3, 0.4) is 0 Å². The van der Waals surface area contributed by atoms with Gasteiger partial charge in [-0.25, -0.2) is 0 Å². The molecule has 0 radical (unpaired) electrons. The predicted molar refractivity (Wildman–Crippen MR) is 315 cm³/mol. The first-order chi connectivity index (χ1) is 37.2. The summed E-state index contributed by atoms with van der Waals surface area (Å²) in [5, 5.41) is 56.9. The van der Waals surface area contributed by atoms with Gasteiger partial charge in [0, 0.05) is 6.42 Å². The summed E-state index contributed by atoms with van der Waals surface area (Å²) in [6.07, 6.45) is 56.5. The number of hydrogen-bond acceptors (Lipinski definition) is 10. The molecule has 76 heavy (non-hydrogen) atoms. The molecule has 0 aromatic rings. The summed E-state index contributed by atoms with van der Waals surface area (Å²) in [6, 6.07) is -1.04. The van der Waals surface area contributed by atoms with Crippen LogP contribution < -0.4 is 5.32 Å². The van der Waals surface area contributed by atoms with E-state index in [9.17, 15) is 35.1 Å². The standard InChI is InChI=1S/C65H115NO10/c1-4-7-10-13-16-19-22-25-27-29-31-32-34-37-40-43-46-49-52-58(69)64(73)66-56(57(68)51-48-45-42-39-36-24-21-18-15-12-9-6-3)55-74-65-63(62(72)61(71)59(54-67)75-65)76-60(70)53-50-47-44-41-38-35-33-30-28-26-23-20-17-14-11-8-5-2/h16,19,25-28,31-32,37,40,48,51,56-59,61-63,65,67-69,71-72H,4-15,17-18,20-24,29-30,33-36,38-39,41-47,49-50,52-55H2,1-3H3,(H,66,73)/b19-16-,27-25-,28-26+,32-31-,40-37-,51-48+. The molecule has 0 spiro atoms. The number of esters is 1. The Morgan fingerprint density at radius 1 is 0.513 bits per heavy atom. The normalized spacial score (nSPS) is 19.6. The minimum Gasteiger partial charge on any atom is -0.454 e. The van der Waals surface area contributed by atoms with Gasteiger partial charge in [-0.2, -0.15) is 0 Å². The first-order valence-electron chi connectivity index (χ1n) is 31.2. The summed E-state index contributed by atoms with van der Waals surface area (Å²) in [7, 11) is 0. The monoisotopic (exact) mass is 1070 g/mol. The number of aliphatic hydroxyl groups excluding tert-OH is 5. The topological polar surface area (TPSA) is 175 Å². The fourth-order valence-corrected chi connectivity index (χ4v) is 9.33. The SMILES string of the molecule is CCCCC/C=C\C/C=C\C/C=C\C/C=C\CCCCC(O)C(=O)NC(COC1OC(CO)C(O)C(O)C1OC(=O)CCCCCCCCC/C=C/CCCCCCCC)C(O)/C=C/CCCCCCCCCCCC. The van der Waals surface area contributed by atoms with Crippen LogP contribution >= 0.6 is 0 Å². The summed E-state index contributed by atoms with van der Waals surface area (Å²) in [4.78, 5) is 26.5. The number of allylic oxidation sites excluding steroid dienone is 11. The maximum absolute atomic E-state index is 13.4. The van der Waals surface area contributed by atoms with E-state index in [0.29, 0.717) is 12.8 Å². The van der Waals surface area contributed by atoms with Crippen LogP contribution in [0.2, 0.25) is 0 Å². The van der Waals surface area contributed by atoms with Gasteiger partial charge in [0.1, 0.15) is 24.4 Å². The minimum atomic E-state index is -1.62. The van der Waals surface area contributed by atoms with E-state index in [2.05, 4.69) is 86.8 Å². The maximum Gasteiger partial charge on any atom is 0.306 e. The molecule has 1 aliphatic rings. The average Bonchev–Trinajstić information content (AvgIpc) is 3.42. The van der Waals surface area contributed by atoms with Crippen LogP contribution in [0, 0.1) is 0 Å². The summed E-state index contributed by atoms with van der Waals surface area (Å²) in [5.41, 5.74) is 0. The molecule has 11 heteroatoms. The van der Waals surface area contributed by atoms with Gasteiger partial charge in [0.05, 0.1) is 25.4 Å². The van der Waals surface area contributed by atoms with Gasteiger partial charge in [0.25, 0.3) is 0 Å². The molecule has 0 aliphatic carbocycles. The highest BCUT2D eigenvalue weighted by atomic mass is 16.7. The Balaban J connectivity index is 2.72. The number of ether oxygens (including phenoxy) is 3. The van der Waals surface area contributed by atoms with Crippen LogP contribution in [0.1, 0.15) is 265 Å². The fourth-order valence-electron chi connectivity index (χ4n) is 9.33. The summed E-state index contributed by atoms with van der Waals surface area (Å²) >= 11 is 0. The smallest absolute Gasteiger partial charge is 0.306 e. The third kappa shape index (κ3) is 40.3. The molecule has 6 N–H and O–H groups in total. The molecule has 1 heterocycles. The van der Waals surface area contributed by atoms with Crippen molar-refractivity contribution in [3.8, 4) is 0 Å². The van der Waals surface area contributed by atoms with E-state index in [-0.39, 0.29) is 19.4 Å². The molecule has 1 aliphatic heterocycles. The van der Waals surface area contributed by atoms with Crippen molar-refractivity contribution in [3.05, 3.63) is 72.9 Å². The third-order valence-electron chi connectivity index (χ3n) is 14.3. The molecule has 1 rings (SSSR count). The second kappa shape index (κ2) is 52.8. The fraction of sp³-hybridized carbons (Fsp3) is 0.785. The molecule has 1 amide bonds. The minimum absolute atomic E-state index is 0.113. The molecule has 0 aromatic heterocycles. The highest BCUT2D eigenvalue weighted by molar-refractivity contribution is 5.80. The van der Waals surface area contributed by atoms with Crippen LogP contribution in [-0.2, 0) is 23.8 Å². The first kappa shape index (κ1) is 71.1. The summed E-state index contributed by atoms with van der Waals surface area (Å²) in [5.74, 6) is -1.23. The van der Waals surface area contributed by atoms with Crippen LogP contribution in [0.4, 0.5) is 0 Å². The zero-order chi connectivity index (χ0) is 55.4. The zero-order valence-electron chi connectivity index (χ0n) is 48.6. The van der Waals surface area contributed by atoms with Crippen molar-refractivity contribution in [1.82, 2.24) is 5.32 Å². The summed E-state index contributed by atoms with van der Waals surface area (Å²) < 4.78 is 17.6. The van der Waals surface area contributed by atoms with E-state index in [1.165, 1.54) is 128 Å². The van der Waals surface area contributed by atoms with Crippen molar-refractivity contribution < 1.29 is 49.3 Å². The van der Waals surface area contributed by atoms with E-state index in [0.717, 1.165) is 89.9 Å². The lowest BCUT2D eigenvalue weighted by Gasteiger charge is -2.41. The Labute approximate surface area is 464 Å². The molecule has 8 unspecified atom stereocenters. The van der Waals surface area contributed by atoms with Gasteiger partial charge < -0.3 is 45.1 Å². The number of unbranched alkanes of at least 4 members (excludes halogenated alkanes) is 28. The number of aliphatic hydroxyl groups is 5. The molecule has 11 nitrogen and oxygen atoms in total. The Morgan fingerprint density at radius 3 is 1.39 bits per heavy atom. The highest BCUT2D eigenvalue weighted by Crippen LogP contribution is 2.26. The van der Waals surface area contributed by atoms with Crippen molar-refractivity contribution in [2.75, 3.05) is 13.2 Å². The van der Waals surface area contributed by atoms with Crippen molar-refractivity contribution in [1.29, 1.82) is 0 Å².